The molecule has 26 heavy (non-hydrogen) atoms. The Bertz CT molecular complexity index is 938. The fraction of sp³-hybridized carbons (Fsp3) is 0.143. The Morgan fingerprint density at radius 1 is 1.00 bits per heavy atom. The average Bonchev–Trinajstić information content (AvgIpc) is 2.66. The van der Waals surface area contributed by atoms with Crippen molar-refractivity contribution in [2.45, 2.75) is 13.8 Å². The first kappa shape index (κ1) is 17.5. The summed E-state index contributed by atoms with van der Waals surface area (Å²) in [5.74, 6) is 0.460. The number of benzene rings is 2. The molecule has 0 aliphatic heterocycles. The van der Waals surface area contributed by atoms with Crippen LogP contribution in [0.2, 0.25) is 0 Å². The maximum absolute atomic E-state index is 12.5. The standard InChI is InChI=1S/C21H21N3O2/c1-14-6-4-9-20(15(14)2)23-18-10-16(12-22-13-18)21(25)24-17-7-5-8-19(11-17)26-3/h4-13,23H,1-3H3,(H,24,25). The molecule has 5 heteroatoms. The number of hydrogen-bond donors (Lipinski definition) is 2. The van der Waals surface area contributed by atoms with Gasteiger partial charge in [-0.1, -0.05) is 18.2 Å². The molecule has 1 amide bonds. The Morgan fingerprint density at radius 2 is 1.81 bits per heavy atom. The lowest BCUT2D eigenvalue weighted by Crippen LogP contribution is -2.12. The van der Waals surface area contributed by atoms with Crippen LogP contribution in [0.25, 0.3) is 0 Å². The van der Waals surface area contributed by atoms with Gasteiger partial charge in [0.2, 0.25) is 0 Å². The first-order chi connectivity index (χ1) is 12.6. The molecule has 3 aromatic rings. The second kappa shape index (κ2) is 7.70. The molecular formula is C21H21N3O2. The van der Waals surface area contributed by atoms with Gasteiger partial charge in [0.15, 0.2) is 0 Å². The number of amides is 1. The highest BCUT2D eigenvalue weighted by molar-refractivity contribution is 6.04. The third kappa shape index (κ3) is 4.00. The second-order valence-corrected chi connectivity index (χ2v) is 6.02. The number of hydrogen-bond acceptors (Lipinski definition) is 4. The quantitative estimate of drug-likeness (QED) is 0.702. The fourth-order valence-corrected chi connectivity index (χ4v) is 2.58. The van der Waals surface area contributed by atoms with E-state index < -0.39 is 0 Å². The van der Waals surface area contributed by atoms with Gasteiger partial charge in [0.1, 0.15) is 5.75 Å². The molecule has 0 unspecified atom stereocenters. The summed E-state index contributed by atoms with van der Waals surface area (Å²) in [6.07, 6.45) is 3.24. The lowest BCUT2D eigenvalue weighted by Gasteiger charge is -2.12. The van der Waals surface area contributed by atoms with Gasteiger partial charge in [-0.05, 0) is 49.2 Å². The molecule has 0 atom stereocenters. The number of anilines is 3. The van der Waals surface area contributed by atoms with Crippen LogP contribution in [0.3, 0.4) is 0 Å². The van der Waals surface area contributed by atoms with Crippen molar-refractivity contribution >= 4 is 23.0 Å². The number of nitrogens with one attached hydrogen (secondary N) is 2. The van der Waals surface area contributed by atoms with E-state index >= 15 is 0 Å². The van der Waals surface area contributed by atoms with E-state index in [1.54, 1.807) is 31.6 Å². The smallest absolute Gasteiger partial charge is 0.257 e. The summed E-state index contributed by atoms with van der Waals surface area (Å²) in [4.78, 5) is 16.7. The number of carbonyl (C=O) groups excluding carboxylic acids is 1. The molecule has 0 radical (unpaired) electrons. The highest BCUT2D eigenvalue weighted by Gasteiger charge is 2.09. The van der Waals surface area contributed by atoms with Crippen molar-refractivity contribution in [2.75, 3.05) is 17.7 Å². The highest BCUT2D eigenvalue weighted by atomic mass is 16.5. The maximum atomic E-state index is 12.5. The van der Waals surface area contributed by atoms with E-state index in [0.717, 1.165) is 11.4 Å². The zero-order valence-corrected chi connectivity index (χ0v) is 15.0. The van der Waals surface area contributed by atoms with Crippen LogP contribution >= 0.6 is 0 Å². The fourth-order valence-electron chi connectivity index (χ4n) is 2.58. The molecule has 132 valence electrons. The molecule has 0 fully saturated rings. The van der Waals surface area contributed by atoms with Crippen molar-refractivity contribution in [3.8, 4) is 5.75 Å². The summed E-state index contributed by atoms with van der Waals surface area (Å²) < 4.78 is 5.17. The molecule has 0 aliphatic rings. The second-order valence-electron chi connectivity index (χ2n) is 6.02. The van der Waals surface area contributed by atoms with Gasteiger partial charge in [0.05, 0.1) is 24.6 Å². The number of aromatic nitrogens is 1. The number of aryl methyl sites for hydroxylation is 1. The Labute approximate surface area is 153 Å². The summed E-state index contributed by atoms with van der Waals surface area (Å²) in [6, 6.07) is 15.1. The molecular weight excluding hydrogens is 326 g/mol. The van der Waals surface area contributed by atoms with E-state index in [1.807, 2.05) is 30.3 Å². The molecule has 2 aromatic carbocycles. The molecule has 1 heterocycles. The van der Waals surface area contributed by atoms with Crippen molar-refractivity contribution in [3.05, 3.63) is 77.6 Å². The van der Waals surface area contributed by atoms with E-state index in [4.69, 9.17) is 4.74 Å². The number of carbonyl (C=O) groups is 1. The van der Waals surface area contributed by atoms with Crippen LogP contribution in [-0.4, -0.2) is 18.0 Å². The molecule has 0 aliphatic carbocycles. The van der Waals surface area contributed by atoms with Gasteiger partial charge in [0.25, 0.3) is 5.91 Å². The van der Waals surface area contributed by atoms with Gasteiger partial charge < -0.3 is 15.4 Å². The summed E-state index contributed by atoms with van der Waals surface area (Å²) >= 11 is 0. The van der Waals surface area contributed by atoms with E-state index in [2.05, 4.69) is 35.5 Å². The Hall–Kier alpha value is -3.34. The molecule has 5 nitrogen and oxygen atoms in total. The van der Waals surface area contributed by atoms with Crippen LogP contribution in [0.15, 0.2) is 60.9 Å². The summed E-state index contributed by atoms with van der Waals surface area (Å²) in [7, 11) is 1.59. The largest absolute Gasteiger partial charge is 0.497 e. The van der Waals surface area contributed by atoms with Crippen molar-refractivity contribution in [3.63, 3.8) is 0 Å². The zero-order valence-electron chi connectivity index (χ0n) is 15.0. The van der Waals surface area contributed by atoms with E-state index in [1.165, 1.54) is 11.1 Å². The van der Waals surface area contributed by atoms with Crippen LogP contribution in [0.4, 0.5) is 17.1 Å². The highest BCUT2D eigenvalue weighted by Crippen LogP contribution is 2.23. The van der Waals surface area contributed by atoms with Crippen LogP contribution in [-0.2, 0) is 0 Å². The first-order valence-corrected chi connectivity index (χ1v) is 8.30. The molecule has 0 saturated heterocycles. The summed E-state index contributed by atoms with van der Waals surface area (Å²) in [5.41, 5.74) is 5.27. The van der Waals surface area contributed by atoms with E-state index in [0.29, 0.717) is 17.0 Å². The SMILES string of the molecule is COc1cccc(NC(=O)c2cncc(Nc3cccc(C)c3C)c2)c1. The third-order valence-electron chi connectivity index (χ3n) is 4.21. The number of rotatable bonds is 5. The number of pyridine rings is 1. The summed E-state index contributed by atoms with van der Waals surface area (Å²) in [6.45, 7) is 4.13. The van der Waals surface area contributed by atoms with Gasteiger partial charge in [-0.15, -0.1) is 0 Å². The number of nitrogens with zero attached hydrogens (tertiary/aromatic N) is 1. The lowest BCUT2D eigenvalue weighted by molar-refractivity contribution is 0.102. The maximum Gasteiger partial charge on any atom is 0.257 e. The van der Waals surface area contributed by atoms with E-state index in [-0.39, 0.29) is 5.91 Å². The zero-order chi connectivity index (χ0) is 18.5. The third-order valence-corrected chi connectivity index (χ3v) is 4.21. The van der Waals surface area contributed by atoms with Crippen LogP contribution in [0.5, 0.6) is 5.75 Å². The van der Waals surface area contributed by atoms with Gasteiger partial charge in [-0.2, -0.15) is 0 Å². The van der Waals surface area contributed by atoms with Gasteiger partial charge in [-0.3, -0.25) is 9.78 Å². The van der Waals surface area contributed by atoms with Crippen LogP contribution in [0.1, 0.15) is 21.5 Å². The lowest BCUT2D eigenvalue weighted by atomic mass is 10.1. The monoisotopic (exact) mass is 347 g/mol. The van der Waals surface area contributed by atoms with Gasteiger partial charge >= 0.3 is 0 Å². The van der Waals surface area contributed by atoms with Crippen LogP contribution in [0, 0.1) is 13.8 Å². The average molecular weight is 347 g/mol. The normalized spacial score (nSPS) is 10.3. The molecule has 0 bridgehead atoms. The Kier molecular flexibility index (Phi) is 5.17. The van der Waals surface area contributed by atoms with Crippen molar-refractivity contribution in [2.24, 2.45) is 0 Å². The van der Waals surface area contributed by atoms with Gasteiger partial charge in [0, 0.05) is 23.6 Å². The minimum Gasteiger partial charge on any atom is -0.497 e. The van der Waals surface area contributed by atoms with Crippen molar-refractivity contribution in [1.29, 1.82) is 0 Å². The minimum atomic E-state index is -0.227. The minimum absolute atomic E-state index is 0.227. The molecule has 3 rings (SSSR count). The summed E-state index contributed by atoms with van der Waals surface area (Å²) in [5, 5.41) is 6.19. The van der Waals surface area contributed by atoms with Gasteiger partial charge in [-0.25, -0.2) is 0 Å². The van der Waals surface area contributed by atoms with Crippen LogP contribution < -0.4 is 15.4 Å². The first-order valence-electron chi connectivity index (χ1n) is 8.30. The van der Waals surface area contributed by atoms with E-state index in [9.17, 15) is 4.79 Å². The molecule has 1 aromatic heterocycles. The predicted molar refractivity (Wildman–Crippen MR) is 104 cm³/mol. The van der Waals surface area contributed by atoms with Crippen molar-refractivity contribution < 1.29 is 9.53 Å². The topological polar surface area (TPSA) is 63.2 Å². The Morgan fingerprint density at radius 3 is 2.62 bits per heavy atom. The number of ether oxygens (including phenoxy) is 1. The molecule has 2 N–H and O–H groups in total. The molecule has 0 saturated carbocycles. The Balaban J connectivity index is 1.78. The predicted octanol–water partition coefficient (Wildman–Crippen LogP) is 4.70. The molecule has 0 spiro atoms. The number of methoxy groups -OCH3 is 1. The van der Waals surface area contributed by atoms with Crippen molar-refractivity contribution in [1.82, 2.24) is 4.98 Å².